The molecule has 0 fully saturated rings. The molecule has 0 amide bonds. The minimum Gasteiger partial charge on any atom is -0.463 e. The van der Waals surface area contributed by atoms with Crippen LogP contribution in [0, 0.1) is 0 Å². The maximum atomic E-state index is 12.9. The molecular weight excluding hydrogens is 1220 g/mol. The lowest BCUT2D eigenvalue weighted by atomic mass is 10.0. The fourth-order valence-corrected chi connectivity index (χ4v) is 10.8. The van der Waals surface area contributed by atoms with Gasteiger partial charge in [0.1, 0.15) is 25.4 Å². The highest BCUT2D eigenvalue weighted by Gasteiger charge is 2.29. The van der Waals surface area contributed by atoms with Gasteiger partial charge < -0.3 is 34.2 Å². The molecule has 0 rings (SSSR count). The fraction of sp³-hybridized carbons (Fsp3) is 0.693. The van der Waals surface area contributed by atoms with Crippen molar-refractivity contribution < 1.29 is 75.8 Å². The van der Waals surface area contributed by atoms with Crippen molar-refractivity contribution in [1.82, 2.24) is 0 Å². The van der Waals surface area contributed by atoms with Gasteiger partial charge in [-0.15, -0.1) is 0 Å². The van der Waals surface area contributed by atoms with Crippen LogP contribution in [0.1, 0.15) is 278 Å². The lowest BCUT2D eigenvalue weighted by Gasteiger charge is -2.21. The van der Waals surface area contributed by atoms with E-state index in [1.165, 1.54) is 64.2 Å². The molecule has 5 unspecified atom stereocenters. The zero-order valence-corrected chi connectivity index (χ0v) is 59.7. The summed E-state index contributed by atoms with van der Waals surface area (Å²) in [5, 5.41) is 20.6. The van der Waals surface area contributed by atoms with Crippen molar-refractivity contribution in [3.8, 4) is 0 Å². The molecule has 0 spiro atoms. The Morgan fingerprint density at radius 2 is 0.570 bits per heavy atom. The number of carbonyl (C=O) groups is 3. The molecular formula is C75H128O16P2. The van der Waals surface area contributed by atoms with Gasteiger partial charge in [-0.05, 0) is 122 Å². The van der Waals surface area contributed by atoms with Gasteiger partial charge in [0.15, 0.2) is 6.10 Å². The Balaban J connectivity index is 4.39. The summed E-state index contributed by atoms with van der Waals surface area (Å²) < 4.78 is 60.8. The Labute approximate surface area is 563 Å². The predicted octanol–water partition coefficient (Wildman–Crippen LogP) is 20.2. The molecule has 0 aromatic rings. The van der Waals surface area contributed by atoms with Crippen LogP contribution in [0.15, 0.2) is 122 Å². The number of hydrogen-bond donors (Lipinski definition) is 4. The molecule has 0 radical (unpaired) electrons. The second-order valence-electron chi connectivity index (χ2n) is 23.6. The molecule has 0 saturated heterocycles. The molecule has 0 aliphatic rings. The van der Waals surface area contributed by atoms with Gasteiger partial charge in [0, 0.05) is 19.3 Å². The van der Waals surface area contributed by atoms with E-state index >= 15 is 0 Å². The normalized spacial score (nSPS) is 14.9. The van der Waals surface area contributed by atoms with Gasteiger partial charge in [-0.1, -0.05) is 258 Å². The quantitative estimate of drug-likeness (QED) is 0.0146. The number of rotatable bonds is 67. The van der Waals surface area contributed by atoms with Crippen LogP contribution in [0.5, 0.6) is 0 Å². The predicted molar refractivity (Wildman–Crippen MR) is 380 cm³/mol. The van der Waals surface area contributed by atoms with Crippen molar-refractivity contribution in [1.29, 1.82) is 0 Å². The lowest BCUT2D eigenvalue weighted by Crippen LogP contribution is -2.30. The third-order valence-corrected chi connectivity index (χ3v) is 16.6. The number of hydrogen-bond acceptors (Lipinski definition) is 14. The summed E-state index contributed by atoms with van der Waals surface area (Å²) in [5.41, 5.74) is 0. The SMILES string of the molecule is CC/C=C\C/C=C\C/C=C\C/C=C\C/C=C\C/C=C\CCCCCCCCCCCCCCC(=O)OCC(O)COP(=O)(O)OCC(O)COP(=O)(O)OCC(COC(=O)CCCCCCC/C=C\C/C=C\C/C=C\CC)OC(=O)CCCCCCC/C=C\CCCC. The lowest BCUT2D eigenvalue weighted by molar-refractivity contribution is -0.161. The smallest absolute Gasteiger partial charge is 0.463 e. The van der Waals surface area contributed by atoms with Crippen LogP contribution in [0.3, 0.4) is 0 Å². The molecule has 0 aliphatic heterocycles. The number of esters is 3. The number of ether oxygens (including phenoxy) is 3. The minimum absolute atomic E-state index is 0.0890. The van der Waals surface area contributed by atoms with E-state index in [4.69, 9.17) is 32.3 Å². The van der Waals surface area contributed by atoms with Gasteiger partial charge in [-0.25, -0.2) is 9.13 Å². The summed E-state index contributed by atoms with van der Waals surface area (Å²) in [6, 6.07) is 0. The van der Waals surface area contributed by atoms with Crippen molar-refractivity contribution in [3.63, 3.8) is 0 Å². The second kappa shape index (κ2) is 67.9. The Morgan fingerprint density at radius 1 is 0.312 bits per heavy atom. The first-order valence-electron chi connectivity index (χ1n) is 35.8. The maximum Gasteiger partial charge on any atom is 0.472 e. The summed E-state index contributed by atoms with van der Waals surface area (Å²) in [4.78, 5) is 58.3. The highest BCUT2D eigenvalue weighted by Crippen LogP contribution is 2.45. The van der Waals surface area contributed by atoms with Gasteiger partial charge in [0.25, 0.3) is 0 Å². The van der Waals surface area contributed by atoms with Gasteiger partial charge in [-0.2, -0.15) is 0 Å². The van der Waals surface area contributed by atoms with Crippen LogP contribution in [-0.4, -0.2) is 95.9 Å². The number of aliphatic hydroxyl groups excluding tert-OH is 2. The first-order chi connectivity index (χ1) is 45.2. The van der Waals surface area contributed by atoms with Gasteiger partial charge in [-0.3, -0.25) is 32.5 Å². The average Bonchev–Trinajstić information content (AvgIpc) is 2.38. The Hall–Kier alpha value is -4.05. The number of aliphatic hydroxyl groups is 2. The fourth-order valence-electron chi connectivity index (χ4n) is 9.22. The second-order valence-corrected chi connectivity index (χ2v) is 26.5. The topological polar surface area (TPSA) is 231 Å². The number of phosphoric ester groups is 2. The van der Waals surface area contributed by atoms with Gasteiger partial charge in [0.2, 0.25) is 0 Å². The van der Waals surface area contributed by atoms with E-state index in [1.54, 1.807) is 0 Å². The molecule has 5 atom stereocenters. The summed E-state index contributed by atoms with van der Waals surface area (Å²) >= 11 is 0. The van der Waals surface area contributed by atoms with Crippen LogP contribution in [0.2, 0.25) is 0 Å². The van der Waals surface area contributed by atoms with Crippen molar-refractivity contribution in [2.75, 3.05) is 39.6 Å². The van der Waals surface area contributed by atoms with Crippen molar-refractivity contribution in [2.45, 2.75) is 296 Å². The molecule has 0 aromatic carbocycles. The van der Waals surface area contributed by atoms with Crippen LogP contribution in [0.25, 0.3) is 0 Å². The van der Waals surface area contributed by atoms with Gasteiger partial charge in [0.05, 0.1) is 26.4 Å². The van der Waals surface area contributed by atoms with E-state index in [-0.39, 0.29) is 19.3 Å². The van der Waals surface area contributed by atoms with Crippen LogP contribution >= 0.6 is 15.6 Å². The summed E-state index contributed by atoms with van der Waals surface area (Å²) in [6.07, 6.45) is 78.5. The number of allylic oxidation sites excluding steroid dienone is 20. The third-order valence-electron chi connectivity index (χ3n) is 14.7. The number of unbranched alkanes of at least 4 members (excludes halogenated alkanes) is 24. The third kappa shape index (κ3) is 69.1. The van der Waals surface area contributed by atoms with Crippen molar-refractivity contribution in [2.24, 2.45) is 0 Å². The Bertz CT molecular complexity index is 2180. The van der Waals surface area contributed by atoms with E-state index < -0.39 is 91.5 Å². The largest absolute Gasteiger partial charge is 0.472 e. The average molecular weight is 1350 g/mol. The van der Waals surface area contributed by atoms with Crippen LogP contribution in [-0.2, 0) is 55.8 Å². The monoisotopic (exact) mass is 1350 g/mol. The number of carbonyl (C=O) groups excluding carboxylic acids is 3. The molecule has 16 nitrogen and oxygen atoms in total. The summed E-state index contributed by atoms with van der Waals surface area (Å²) in [7, 11) is -9.78. The van der Waals surface area contributed by atoms with Gasteiger partial charge >= 0.3 is 33.6 Å². The zero-order valence-electron chi connectivity index (χ0n) is 57.9. The molecule has 0 aromatic heterocycles. The molecule has 0 saturated carbocycles. The van der Waals surface area contributed by atoms with E-state index in [2.05, 4.69) is 142 Å². The van der Waals surface area contributed by atoms with Crippen molar-refractivity contribution in [3.05, 3.63) is 122 Å². The molecule has 4 N–H and O–H groups in total. The van der Waals surface area contributed by atoms with E-state index in [9.17, 15) is 43.5 Å². The maximum absolute atomic E-state index is 12.9. The van der Waals surface area contributed by atoms with E-state index in [0.29, 0.717) is 19.3 Å². The molecule has 18 heteroatoms. The first-order valence-corrected chi connectivity index (χ1v) is 38.8. The van der Waals surface area contributed by atoms with E-state index in [0.717, 1.165) is 154 Å². The highest BCUT2D eigenvalue weighted by atomic mass is 31.2. The number of phosphoric acid groups is 2. The Kier molecular flexibility index (Phi) is 65.0. The first kappa shape index (κ1) is 89.0. The van der Waals surface area contributed by atoms with E-state index in [1.807, 2.05) is 0 Å². The molecule has 0 heterocycles. The molecule has 93 heavy (non-hydrogen) atoms. The molecule has 0 aliphatic carbocycles. The Morgan fingerprint density at radius 3 is 0.914 bits per heavy atom. The molecule has 534 valence electrons. The zero-order chi connectivity index (χ0) is 68.1. The summed E-state index contributed by atoms with van der Waals surface area (Å²) in [5.74, 6) is -1.61. The summed E-state index contributed by atoms with van der Waals surface area (Å²) in [6.45, 7) is 2.36. The molecule has 0 bridgehead atoms. The van der Waals surface area contributed by atoms with Crippen LogP contribution in [0.4, 0.5) is 0 Å². The van der Waals surface area contributed by atoms with Crippen molar-refractivity contribution >= 4 is 33.6 Å². The highest BCUT2D eigenvalue weighted by molar-refractivity contribution is 7.47. The van der Waals surface area contributed by atoms with Crippen LogP contribution < -0.4 is 0 Å². The standard InChI is InChI=1S/C75H128O16P2/c1-4-7-10-13-16-19-22-24-26-27-28-29-30-31-32-33-34-35-36-37-38-39-40-41-43-45-47-49-52-55-58-61-73(78)85-64-70(76)65-87-92(81,82)88-66-71(77)67-89-93(83,84)90-69-72(91-75(80)63-60-57-54-51-46-21-18-15-12-9-6-3)68-86-74(79)62-59-56-53-50-48-44-42-25-23-20-17-14-11-8-5-2/h7-8,10-11,15-20,24-26,28-29,31-32,34-35,42,70-72,76-77H,4-6,9,12-14,21-23,27,30,33,36-41,43-69H2,1-3H3,(H,81,82)(H,83,84)/b10-7-,11-8-,18-15-,19-16-,20-17-,26-24-,29-28-,32-31-,35-34-,42-25-. The minimum atomic E-state index is -4.93.